The molecule has 3 heteroatoms. The number of hydrogen-bond donors (Lipinski definition) is 1. The van der Waals surface area contributed by atoms with Gasteiger partial charge in [0.25, 0.3) is 0 Å². The molecule has 3 nitrogen and oxygen atoms in total. The third kappa shape index (κ3) is 5.52. The molecule has 0 aliphatic rings. The molecule has 1 N–H and O–H groups in total. The largest absolute Gasteiger partial charge is 0.490 e. The molecule has 0 aromatic heterocycles. The Kier molecular flexibility index (Phi) is 7.34. The lowest BCUT2D eigenvalue weighted by Crippen LogP contribution is -2.14. The standard InChI is InChI=1S/C16H27NO2/c1-5-10-17-12-14-8-9-15(19-13(4)6-2)16(11-14)18-7-3/h8-9,11,13,17H,5-7,10,12H2,1-4H3/t13-/m0/s1. The van der Waals surface area contributed by atoms with Crippen molar-refractivity contribution in [2.45, 2.75) is 53.2 Å². The van der Waals surface area contributed by atoms with Crippen molar-refractivity contribution in [3.05, 3.63) is 23.8 Å². The van der Waals surface area contributed by atoms with Gasteiger partial charge in [-0.05, 0) is 50.9 Å². The van der Waals surface area contributed by atoms with Gasteiger partial charge in [-0.15, -0.1) is 0 Å². The van der Waals surface area contributed by atoms with E-state index >= 15 is 0 Å². The van der Waals surface area contributed by atoms with Crippen molar-refractivity contribution in [2.24, 2.45) is 0 Å². The number of hydrogen-bond acceptors (Lipinski definition) is 3. The quantitative estimate of drug-likeness (QED) is 0.690. The van der Waals surface area contributed by atoms with E-state index in [9.17, 15) is 0 Å². The van der Waals surface area contributed by atoms with Crippen molar-refractivity contribution in [3.63, 3.8) is 0 Å². The molecule has 0 spiro atoms. The van der Waals surface area contributed by atoms with Crippen molar-refractivity contribution in [1.82, 2.24) is 5.32 Å². The highest BCUT2D eigenvalue weighted by Crippen LogP contribution is 2.29. The summed E-state index contributed by atoms with van der Waals surface area (Å²) in [7, 11) is 0. The van der Waals surface area contributed by atoms with Gasteiger partial charge in [-0.25, -0.2) is 0 Å². The molecular formula is C16H27NO2. The van der Waals surface area contributed by atoms with Crippen LogP contribution in [0.25, 0.3) is 0 Å². The minimum absolute atomic E-state index is 0.211. The van der Waals surface area contributed by atoms with E-state index in [1.807, 2.05) is 13.0 Å². The number of ether oxygens (including phenoxy) is 2. The highest BCUT2D eigenvalue weighted by atomic mass is 16.5. The van der Waals surface area contributed by atoms with Crippen molar-refractivity contribution in [3.8, 4) is 11.5 Å². The summed E-state index contributed by atoms with van der Waals surface area (Å²) in [5.74, 6) is 1.69. The van der Waals surface area contributed by atoms with E-state index in [2.05, 4.69) is 38.2 Å². The first-order valence-corrected chi connectivity index (χ1v) is 7.34. The van der Waals surface area contributed by atoms with Gasteiger partial charge in [0.1, 0.15) is 0 Å². The van der Waals surface area contributed by atoms with Crippen molar-refractivity contribution >= 4 is 0 Å². The molecule has 19 heavy (non-hydrogen) atoms. The predicted octanol–water partition coefficient (Wildman–Crippen LogP) is 3.76. The lowest BCUT2D eigenvalue weighted by Gasteiger charge is -2.17. The summed E-state index contributed by atoms with van der Waals surface area (Å²) in [5.41, 5.74) is 1.23. The van der Waals surface area contributed by atoms with Gasteiger partial charge in [-0.1, -0.05) is 19.9 Å². The number of rotatable bonds is 9. The SMILES string of the molecule is CCCNCc1ccc(O[C@@H](C)CC)c(OCC)c1. The minimum atomic E-state index is 0.211. The zero-order valence-corrected chi connectivity index (χ0v) is 12.7. The predicted molar refractivity (Wildman–Crippen MR) is 80.0 cm³/mol. The highest BCUT2D eigenvalue weighted by Gasteiger charge is 2.09. The van der Waals surface area contributed by atoms with Crippen LogP contribution in [0.5, 0.6) is 11.5 Å². The Morgan fingerprint density at radius 3 is 2.58 bits per heavy atom. The molecule has 0 saturated carbocycles. The number of benzene rings is 1. The Balaban J connectivity index is 2.75. The molecule has 0 heterocycles. The molecule has 0 amide bonds. The second kappa shape index (κ2) is 8.81. The molecular weight excluding hydrogens is 238 g/mol. The van der Waals surface area contributed by atoms with Gasteiger partial charge in [0.15, 0.2) is 11.5 Å². The van der Waals surface area contributed by atoms with E-state index in [0.29, 0.717) is 6.61 Å². The first-order chi connectivity index (χ1) is 9.21. The molecule has 0 aliphatic carbocycles. The monoisotopic (exact) mass is 265 g/mol. The molecule has 108 valence electrons. The van der Waals surface area contributed by atoms with Gasteiger partial charge in [-0.2, -0.15) is 0 Å². The van der Waals surface area contributed by atoms with E-state index < -0.39 is 0 Å². The van der Waals surface area contributed by atoms with E-state index in [1.54, 1.807) is 0 Å². The maximum Gasteiger partial charge on any atom is 0.161 e. The lowest BCUT2D eigenvalue weighted by molar-refractivity contribution is 0.203. The molecule has 1 atom stereocenters. The van der Waals surface area contributed by atoms with Crippen LogP contribution >= 0.6 is 0 Å². The second-order valence-electron chi connectivity index (χ2n) is 4.73. The van der Waals surface area contributed by atoms with Crippen LogP contribution in [0.2, 0.25) is 0 Å². The van der Waals surface area contributed by atoms with Crippen LogP contribution in [0.1, 0.15) is 46.1 Å². The Bertz CT molecular complexity index is 366. The molecule has 0 saturated heterocycles. The van der Waals surface area contributed by atoms with E-state index in [4.69, 9.17) is 9.47 Å². The van der Waals surface area contributed by atoms with Crippen LogP contribution in [0.3, 0.4) is 0 Å². The van der Waals surface area contributed by atoms with Gasteiger partial charge in [-0.3, -0.25) is 0 Å². The Morgan fingerprint density at radius 2 is 1.95 bits per heavy atom. The first kappa shape index (κ1) is 15.8. The Hall–Kier alpha value is -1.22. The second-order valence-corrected chi connectivity index (χ2v) is 4.73. The summed E-state index contributed by atoms with van der Waals surface area (Å²) < 4.78 is 11.6. The van der Waals surface area contributed by atoms with Crippen LogP contribution < -0.4 is 14.8 Å². The normalized spacial score (nSPS) is 12.2. The molecule has 1 rings (SSSR count). The Morgan fingerprint density at radius 1 is 1.16 bits per heavy atom. The highest BCUT2D eigenvalue weighted by molar-refractivity contribution is 5.43. The van der Waals surface area contributed by atoms with Gasteiger partial charge in [0, 0.05) is 6.54 Å². The maximum absolute atomic E-state index is 5.88. The van der Waals surface area contributed by atoms with Gasteiger partial charge in [0.2, 0.25) is 0 Å². The van der Waals surface area contributed by atoms with E-state index in [-0.39, 0.29) is 6.10 Å². The van der Waals surface area contributed by atoms with Crippen LogP contribution in [-0.2, 0) is 6.54 Å². The van der Waals surface area contributed by atoms with Crippen LogP contribution in [-0.4, -0.2) is 19.3 Å². The third-order valence-electron chi connectivity index (χ3n) is 2.97. The van der Waals surface area contributed by atoms with Crippen molar-refractivity contribution in [2.75, 3.05) is 13.2 Å². The summed E-state index contributed by atoms with van der Waals surface area (Å²) in [6.07, 6.45) is 2.35. The van der Waals surface area contributed by atoms with Gasteiger partial charge >= 0.3 is 0 Å². The molecule has 1 aromatic carbocycles. The topological polar surface area (TPSA) is 30.5 Å². The first-order valence-electron chi connectivity index (χ1n) is 7.34. The minimum Gasteiger partial charge on any atom is -0.490 e. The molecule has 0 unspecified atom stereocenters. The summed E-state index contributed by atoms with van der Waals surface area (Å²) in [6.45, 7) is 10.9. The molecule has 0 aliphatic heterocycles. The summed E-state index contributed by atoms with van der Waals surface area (Å²) in [5, 5.41) is 3.40. The zero-order valence-electron chi connectivity index (χ0n) is 12.7. The molecule has 0 fully saturated rings. The van der Waals surface area contributed by atoms with Gasteiger partial charge < -0.3 is 14.8 Å². The van der Waals surface area contributed by atoms with E-state index in [1.165, 1.54) is 5.56 Å². The fourth-order valence-corrected chi connectivity index (χ4v) is 1.74. The fraction of sp³-hybridized carbons (Fsp3) is 0.625. The fourth-order valence-electron chi connectivity index (χ4n) is 1.74. The molecule has 0 bridgehead atoms. The van der Waals surface area contributed by atoms with Crippen LogP contribution in [0, 0.1) is 0 Å². The average molecular weight is 265 g/mol. The van der Waals surface area contributed by atoms with Gasteiger partial charge in [0.05, 0.1) is 12.7 Å². The molecule has 1 aromatic rings. The summed E-state index contributed by atoms with van der Waals surface area (Å²) in [4.78, 5) is 0. The van der Waals surface area contributed by atoms with Crippen molar-refractivity contribution in [1.29, 1.82) is 0 Å². The summed E-state index contributed by atoms with van der Waals surface area (Å²) in [6, 6.07) is 6.19. The average Bonchev–Trinajstić information content (AvgIpc) is 2.42. The molecule has 0 radical (unpaired) electrons. The van der Waals surface area contributed by atoms with Crippen molar-refractivity contribution < 1.29 is 9.47 Å². The smallest absolute Gasteiger partial charge is 0.161 e. The lowest BCUT2D eigenvalue weighted by atomic mass is 10.2. The summed E-state index contributed by atoms with van der Waals surface area (Å²) >= 11 is 0. The van der Waals surface area contributed by atoms with Crippen LogP contribution in [0.4, 0.5) is 0 Å². The van der Waals surface area contributed by atoms with Crippen LogP contribution in [0.15, 0.2) is 18.2 Å². The van der Waals surface area contributed by atoms with E-state index in [0.717, 1.165) is 37.4 Å². The zero-order chi connectivity index (χ0) is 14.1. The Labute approximate surface area is 117 Å². The third-order valence-corrected chi connectivity index (χ3v) is 2.97. The maximum atomic E-state index is 5.88. The number of nitrogens with one attached hydrogen (secondary N) is 1.